The minimum absolute atomic E-state index is 0.0680. The maximum Gasteiger partial charge on any atom is 0.242 e. The van der Waals surface area contributed by atoms with Crippen LogP contribution in [0.4, 0.5) is 5.82 Å². The first-order chi connectivity index (χ1) is 14.8. The third-order valence-corrected chi connectivity index (χ3v) is 5.39. The lowest BCUT2D eigenvalue weighted by molar-refractivity contribution is -0.135. The van der Waals surface area contributed by atoms with Crippen molar-refractivity contribution in [2.45, 2.75) is 58.9 Å². The molecule has 0 aliphatic rings. The predicted octanol–water partition coefficient (Wildman–Crippen LogP) is 3.60. The van der Waals surface area contributed by atoms with Crippen LogP contribution in [0.15, 0.2) is 42.6 Å². The number of aryl methyl sites for hydroxylation is 2. The van der Waals surface area contributed by atoms with E-state index in [-0.39, 0.29) is 11.8 Å². The van der Waals surface area contributed by atoms with Gasteiger partial charge in [0.05, 0.1) is 12.0 Å². The summed E-state index contributed by atoms with van der Waals surface area (Å²) in [5.74, 6) is 0.596. The van der Waals surface area contributed by atoms with Crippen LogP contribution in [0.3, 0.4) is 0 Å². The number of hydrogen-bond donors (Lipinski definition) is 2. The fraction of sp³-hybridized carbons (Fsp3) is 0.480. The second-order valence-corrected chi connectivity index (χ2v) is 8.38. The Bertz CT molecular complexity index is 865. The van der Waals surface area contributed by atoms with Crippen LogP contribution in [0.5, 0.6) is 0 Å². The Morgan fingerprint density at radius 1 is 1.10 bits per heavy atom. The molecule has 2 rings (SSSR count). The van der Waals surface area contributed by atoms with Crippen molar-refractivity contribution in [2.75, 3.05) is 25.5 Å². The highest BCUT2D eigenvalue weighted by Gasteiger charge is 2.28. The highest BCUT2D eigenvalue weighted by molar-refractivity contribution is 5.91. The third-order valence-electron chi connectivity index (χ3n) is 5.39. The van der Waals surface area contributed by atoms with E-state index in [1.807, 2.05) is 40.0 Å². The topological polar surface area (TPSA) is 74.3 Å². The molecule has 1 heterocycles. The smallest absolute Gasteiger partial charge is 0.242 e. The van der Waals surface area contributed by atoms with E-state index < -0.39 is 5.54 Å². The average molecular weight is 425 g/mol. The van der Waals surface area contributed by atoms with Crippen molar-refractivity contribution < 1.29 is 9.59 Å². The summed E-state index contributed by atoms with van der Waals surface area (Å²) in [6.45, 7) is 9.39. The summed E-state index contributed by atoms with van der Waals surface area (Å²) in [7, 11) is 1.86. The van der Waals surface area contributed by atoms with Crippen molar-refractivity contribution in [3.8, 4) is 0 Å². The van der Waals surface area contributed by atoms with Crippen LogP contribution in [-0.4, -0.2) is 47.4 Å². The van der Waals surface area contributed by atoms with Gasteiger partial charge < -0.3 is 15.5 Å². The van der Waals surface area contributed by atoms with E-state index in [0.717, 1.165) is 31.4 Å². The van der Waals surface area contributed by atoms with Gasteiger partial charge in [-0.3, -0.25) is 9.59 Å². The number of nitrogens with one attached hydrogen (secondary N) is 2. The first-order valence-corrected chi connectivity index (χ1v) is 11.1. The quantitative estimate of drug-likeness (QED) is 0.578. The van der Waals surface area contributed by atoms with Crippen LogP contribution < -0.4 is 10.6 Å². The lowest BCUT2D eigenvalue weighted by Crippen LogP contribution is -2.53. The summed E-state index contributed by atoms with van der Waals surface area (Å²) >= 11 is 0. The summed E-state index contributed by atoms with van der Waals surface area (Å²) in [4.78, 5) is 31.1. The third kappa shape index (κ3) is 7.47. The van der Waals surface area contributed by atoms with Crippen LogP contribution in [0.25, 0.3) is 0 Å². The van der Waals surface area contributed by atoms with Gasteiger partial charge in [0.25, 0.3) is 0 Å². The second-order valence-electron chi connectivity index (χ2n) is 8.38. The van der Waals surface area contributed by atoms with E-state index in [2.05, 4.69) is 40.7 Å². The molecule has 0 spiro atoms. The first-order valence-electron chi connectivity index (χ1n) is 11.1. The predicted molar refractivity (Wildman–Crippen MR) is 126 cm³/mol. The van der Waals surface area contributed by atoms with E-state index in [0.29, 0.717) is 18.8 Å². The molecule has 0 radical (unpaired) electrons. The standard InChI is InChI=1S/C25H36N4O2/c1-6-20-14-13-19(11-10-16-29(5)24(31)25(3,4)27-7-2)17-21(20)18-23(30)28-22-12-8-9-15-26-22/h8-9,12-15,17,27H,6-7,10-11,16,18H2,1-5H3,(H,26,28,30). The molecule has 6 nitrogen and oxygen atoms in total. The average Bonchev–Trinajstić information content (AvgIpc) is 2.74. The second kappa shape index (κ2) is 11.6. The van der Waals surface area contributed by atoms with Gasteiger partial charge in [0.15, 0.2) is 0 Å². The number of carbonyl (C=O) groups is 2. The summed E-state index contributed by atoms with van der Waals surface area (Å²) < 4.78 is 0. The number of pyridine rings is 1. The van der Waals surface area contributed by atoms with Gasteiger partial charge in [-0.05, 0) is 68.5 Å². The van der Waals surface area contributed by atoms with Gasteiger partial charge in [0, 0.05) is 19.8 Å². The molecule has 168 valence electrons. The van der Waals surface area contributed by atoms with Gasteiger partial charge in [-0.15, -0.1) is 0 Å². The van der Waals surface area contributed by atoms with Crippen molar-refractivity contribution in [3.63, 3.8) is 0 Å². The maximum atomic E-state index is 12.6. The summed E-state index contributed by atoms with van der Waals surface area (Å²) in [5, 5.41) is 6.09. The van der Waals surface area contributed by atoms with Crippen molar-refractivity contribution >= 4 is 17.6 Å². The molecule has 0 unspecified atom stereocenters. The fourth-order valence-electron chi connectivity index (χ4n) is 3.76. The maximum absolute atomic E-state index is 12.6. The van der Waals surface area contributed by atoms with Crippen LogP contribution in [-0.2, 0) is 28.9 Å². The molecule has 6 heteroatoms. The summed E-state index contributed by atoms with van der Waals surface area (Å²) in [5.41, 5.74) is 2.86. The van der Waals surface area contributed by atoms with E-state index in [1.165, 1.54) is 11.1 Å². The normalized spacial score (nSPS) is 11.3. The Kier molecular flexibility index (Phi) is 9.19. The van der Waals surface area contributed by atoms with Crippen molar-refractivity contribution in [2.24, 2.45) is 0 Å². The number of hydrogen-bond acceptors (Lipinski definition) is 4. The molecule has 0 aliphatic carbocycles. The van der Waals surface area contributed by atoms with Gasteiger partial charge in [0.1, 0.15) is 5.82 Å². The molecule has 0 saturated carbocycles. The molecular formula is C25H36N4O2. The molecular weight excluding hydrogens is 388 g/mol. The highest BCUT2D eigenvalue weighted by atomic mass is 16.2. The van der Waals surface area contributed by atoms with Gasteiger partial charge in [-0.2, -0.15) is 0 Å². The fourth-order valence-corrected chi connectivity index (χ4v) is 3.76. The van der Waals surface area contributed by atoms with Crippen LogP contribution in [0.2, 0.25) is 0 Å². The highest BCUT2D eigenvalue weighted by Crippen LogP contribution is 2.17. The molecule has 0 bridgehead atoms. The van der Waals surface area contributed by atoms with E-state index >= 15 is 0 Å². The lowest BCUT2D eigenvalue weighted by Gasteiger charge is -2.30. The number of nitrogens with zero attached hydrogens (tertiary/aromatic N) is 2. The molecule has 0 atom stereocenters. The number of anilines is 1. The molecule has 0 aliphatic heterocycles. The molecule has 2 aromatic rings. The SMILES string of the molecule is CCNC(C)(C)C(=O)N(C)CCCc1ccc(CC)c(CC(=O)Nc2ccccn2)c1. The minimum Gasteiger partial charge on any atom is -0.344 e. The van der Waals surface area contributed by atoms with E-state index in [9.17, 15) is 9.59 Å². The van der Waals surface area contributed by atoms with Crippen molar-refractivity contribution in [1.82, 2.24) is 15.2 Å². The van der Waals surface area contributed by atoms with Crippen molar-refractivity contribution in [1.29, 1.82) is 0 Å². The largest absolute Gasteiger partial charge is 0.344 e. The number of carbonyl (C=O) groups excluding carboxylic acids is 2. The summed E-state index contributed by atoms with van der Waals surface area (Å²) in [6.07, 6.45) is 4.59. The zero-order chi connectivity index (χ0) is 22.9. The van der Waals surface area contributed by atoms with E-state index in [1.54, 1.807) is 17.2 Å². The van der Waals surface area contributed by atoms with Crippen LogP contribution in [0.1, 0.15) is 50.8 Å². The Labute approximate surface area is 186 Å². The van der Waals surface area contributed by atoms with Gasteiger partial charge >= 0.3 is 0 Å². The van der Waals surface area contributed by atoms with Crippen molar-refractivity contribution in [3.05, 3.63) is 59.3 Å². The number of rotatable bonds is 11. The summed E-state index contributed by atoms with van der Waals surface area (Å²) in [6, 6.07) is 11.8. The lowest BCUT2D eigenvalue weighted by atomic mass is 9.97. The first kappa shape index (κ1) is 24.5. The Morgan fingerprint density at radius 2 is 1.87 bits per heavy atom. The minimum atomic E-state index is -0.555. The molecule has 0 saturated heterocycles. The zero-order valence-electron chi connectivity index (χ0n) is 19.5. The van der Waals surface area contributed by atoms with Crippen LogP contribution in [0, 0.1) is 0 Å². The number of amides is 2. The molecule has 2 amide bonds. The number of benzene rings is 1. The van der Waals surface area contributed by atoms with Gasteiger partial charge in [-0.1, -0.05) is 38.1 Å². The molecule has 1 aromatic heterocycles. The number of likely N-dealkylation sites (N-methyl/N-ethyl adjacent to an activating group) is 2. The molecule has 2 N–H and O–H groups in total. The molecule has 0 fully saturated rings. The monoisotopic (exact) mass is 424 g/mol. The molecule has 1 aromatic carbocycles. The molecule has 31 heavy (non-hydrogen) atoms. The Balaban J connectivity index is 1.95. The van der Waals surface area contributed by atoms with Crippen LogP contribution >= 0.6 is 0 Å². The zero-order valence-corrected chi connectivity index (χ0v) is 19.5. The Hall–Kier alpha value is -2.73. The van der Waals surface area contributed by atoms with Gasteiger partial charge in [-0.25, -0.2) is 4.98 Å². The van der Waals surface area contributed by atoms with Gasteiger partial charge in [0.2, 0.25) is 11.8 Å². The Morgan fingerprint density at radius 3 is 2.52 bits per heavy atom. The van der Waals surface area contributed by atoms with E-state index in [4.69, 9.17) is 0 Å². The number of aromatic nitrogens is 1.